The van der Waals surface area contributed by atoms with E-state index in [4.69, 9.17) is 34.8 Å². The third-order valence-electron chi connectivity index (χ3n) is 1.21. The Morgan fingerprint density at radius 2 is 1.73 bits per heavy atom. The number of rotatable bonds is 2. The number of hydrogen-bond acceptors (Lipinski definition) is 1. The van der Waals surface area contributed by atoms with Crippen LogP contribution in [0.25, 0.3) is 0 Å². The first-order chi connectivity index (χ1) is 4.75. The Morgan fingerprint density at radius 3 is 1.73 bits per heavy atom. The summed E-state index contributed by atoms with van der Waals surface area (Å²) in [6.45, 7) is 0. The van der Waals surface area contributed by atoms with Crippen LogP contribution in [0.4, 0.5) is 0 Å². The van der Waals surface area contributed by atoms with Crippen molar-refractivity contribution in [2.45, 2.75) is 3.53 Å². The summed E-state index contributed by atoms with van der Waals surface area (Å²) in [5, 5.41) is 2.50. The number of hydrogen-bond donors (Lipinski definition) is 1. The molecule has 0 fully saturated rings. The van der Waals surface area contributed by atoms with Crippen molar-refractivity contribution in [3.8, 4) is 0 Å². The van der Waals surface area contributed by atoms with Gasteiger partial charge in [-0.15, -0.1) is 0 Å². The van der Waals surface area contributed by atoms with Gasteiger partial charge in [0.15, 0.2) is 0 Å². The van der Waals surface area contributed by atoms with Gasteiger partial charge in [-0.25, -0.2) is 4.67 Å². The maximum Gasteiger partial charge on any atom is 0.269 e. The highest BCUT2D eigenvalue weighted by molar-refractivity contribution is 7.67. The SMILES string of the molecule is CN[P@@](=O)(N(C)C)C(Cl)(Cl)Cl. The Balaban J connectivity index is 4.77. The summed E-state index contributed by atoms with van der Waals surface area (Å²) in [5.41, 5.74) is 0. The van der Waals surface area contributed by atoms with Gasteiger partial charge in [0.2, 0.25) is 0 Å². The fourth-order valence-corrected chi connectivity index (χ4v) is 3.78. The maximum absolute atomic E-state index is 11.7. The molecule has 0 saturated carbocycles. The maximum atomic E-state index is 11.7. The highest BCUT2D eigenvalue weighted by Crippen LogP contribution is 2.62. The van der Waals surface area contributed by atoms with E-state index in [1.165, 1.54) is 11.7 Å². The van der Waals surface area contributed by atoms with Crippen LogP contribution in [-0.2, 0) is 4.57 Å². The molecule has 0 unspecified atom stereocenters. The van der Waals surface area contributed by atoms with E-state index in [0.29, 0.717) is 0 Å². The van der Waals surface area contributed by atoms with Gasteiger partial charge in [0.05, 0.1) is 0 Å². The van der Waals surface area contributed by atoms with Crippen LogP contribution in [0.2, 0.25) is 0 Å². The van der Waals surface area contributed by atoms with Crippen LogP contribution in [0.1, 0.15) is 0 Å². The van der Waals surface area contributed by atoms with E-state index in [2.05, 4.69) is 5.09 Å². The van der Waals surface area contributed by atoms with Crippen LogP contribution in [0.15, 0.2) is 0 Å². The zero-order chi connectivity index (χ0) is 9.28. The van der Waals surface area contributed by atoms with Crippen LogP contribution in [0, 0.1) is 0 Å². The normalized spacial score (nSPS) is 18.5. The summed E-state index contributed by atoms with van der Waals surface area (Å²) in [7, 11) is 1.58. The Labute approximate surface area is 81.5 Å². The van der Waals surface area contributed by atoms with Gasteiger partial charge in [0.1, 0.15) is 0 Å². The third-order valence-corrected chi connectivity index (χ3v) is 5.69. The highest BCUT2D eigenvalue weighted by atomic mass is 35.6. The van der Waals surface area contributed by atoms with Crippen molar-refractivity contribution < 1.29 is 4.57 Å². The van der Waals surface area contributed by atoms with Crippen LogP contribution >= 0.6 is 42.2 Å². The van der Waals surface area contributed by atoms with E-state index in [9.17, 15) is 4.57 Å². The lowest BCUT2D eigenvalue weighted by Gasteiger charge is -2.29. The largest absolute Gasteiger partial charge is 0.284 e. The molecule has 1 N–H and O–H groups in total. The summed E-state index contributed by atoms with van der Waals surface area (Å²) < 4.78 is 11.3. The molecule has 0 bridgehead atoms. The molecule has 0 radical (unpaired) electrons. The minimum absolute atomic E-state index is 1.38. The van der Waals surface area contributed by atoms with Crippen molar-refractivity contribution in [3.05, 3.63) is 0 Å². The second-order valence-electron chi connectivity index (χ2n) is 2.11. The summed E-state index contributed by atoms with van der Waals surface area (Å²) >= 11 is 16.5. The van der Waals surface area contributed by atoms with E-state index in [1.807, 2.05) is 0 Å². The van der Waals surface area contributed by atoms with Crippen LogP contribution in [0.3, 0.4) is 0 Å². The number of halogens is 3. The van der Waals surface area contributed by atoms with Gasteiger partial charge in [-0.2, -0.15) is 0 Å². The minimum Gasteiger partial charge on any atom is -0.284 e. The molecule has 1 atom stereocenters. The quantitative estimate of drug-likeness (QED) is 0.593. The first-order valence-corrected chi connectivity index (χ1v) is 5.58. The molecular formula is C4H10Cl3N2OP. The van der Waals surface area contributed by atoms with Crippen molar-refractivity contribution in [2.75, 3.05) is 21.1 Å². The van der Waals surface area contributed by atoms with Gasteiger partial charge in [0.25, 0.3) is 11.0 Å². The van der Waals surface area contributed by atoms with Crippen LogP contribution in [0.5, 0.6) is 0 Å². The van der Waals surface area contributed by atoms with Gasteiger partial charge >= 0.3 is 0 Å². The van der Waals surface area contributed by atoms with E-state index < -0.39 is 11.0 Å². The average Bonchev–Trinajstić information content (AvgIpc) is 1.83. The van der Waals surface area contributed by atoms with Crippen molar-refractivity contribution >= 4 is 42.2 Å². The molecule has 0 aliphatic rings. The number of alkyl halides is 3. The lowest BCUT2D eigenvalue weighted by atomic mass is 11.3. The molecule has 0 aromatic rings. The summed E-state index contributed by atoms with van der Waals surface area (Å²) in [6, 6.07) is 0. The van der Waals surface area contributed by atoms with Crippen molar-refractivity contribution in [1.29, 1.82) is 0 Å². The Hall–Kier alpha value is 1.02. The molecule has 0 heterocycles. The smallest absolute Gasteiger partial charge is 0.269 e. The fraction of sp³-hybridized carbons (Fsp3) is 1.00. The molecule has 0 aliphatic carbocycles. The predicted octanol–water partition coefficient (Wildman–Crippen LogP) is 2.29. The fourth-order valence-electron chi connectivity index (χ4n) is 0.554. The lowest BCUT2D eigenvalue weighted by molar-refractivity contribution is 0.505. The van der Waals surface area contributed by atoms with Gasteiger partial charge in [-0.3, -0.25) is 9.65 Å². The van der Waals surface area contributed by atoms with Gasteiger partial charge in [-0.1, -0.05) is 34.8 Å². The van der Waals surface area contributed by atoms with Gasteiger partial charge < -0.3 is 0 Å². The lowest BCUT2D eigenvalue weighted by Crippen LogP contribution is -2.27. The predicted molar refractivity (Wildman–Crippen MR) is 50.6 cm³/mol. The molecule has 3 nitrogen and oxygen atoms in total. The zero-order valence-corrected chi connectivity index (χ0v) is 9.60. The molecule has 0 aromatic carbocycles. The molecule has 7 heteroatoms. The average molecular weight is 239 g/mol. The van der Waals surface area contributed by atoms with Gasteiger partial charge in [-0.05, 0) is 21.1 Å². The Kier molecular flexibility index (Phi) is 4.17. The number of nitrogens with zero attached hydrogens (tertiary/aromatic N) is 1. The Morgan fingerprint density at radius 1 is 1.36 bits per heavy atom. The van der Waals surface area contributed by atoms with E-state index in [-0.39, 0.29) is 0 Å². The first kappa shape index (κ1) is 12.0. The topological polar surface area (TPSA) is 32.3 Å². The van der Waals surface area contributed by atoms with E-state index in [1.54, 1.807) is 14.1 Å². The van der Waals surface area contributed by atoms with E-state index >= 15 is 0 Å². The molecule has 0 saturated heterocycles. The Bertz CT molecular complexity index is 179. The highest BCUT2D eigenvalue weighted by Gasteiger charge is 2.45. The minimum atomic E-state index is -3.08. The summed E-state index contributed by atoms with van der Waals surface area (Å²) in [6.07, 6.45) is 0. The van der Waals surface area contributed by atoms with Crippen molar-refractivity contribution in [1.82, 2.24) is 9.76 Å². The summed E-state index contributed by atoms with van der Waals surface area (Å²) in [5.74, 6) is 0. The molecule has 68 valence electrons. The number of nitrogens with one attached hydrogen (secondary N) is 1. The standard InChI is InChI=1S/C4H10Cl3N2OP/c1-8-11(10,9(2)3)4(5,6)7/h1-3H3,(H,8,10)/t11-/m1/s1. The van der Waals surface area contributed by atoms with Crippen molar-refractivity contribution in [3.63, 3.8) is 0 Å². The molecule has 0 rings (SSSR count). The van der Waals surface area contributed by atoms with Crippen molar-refractivity contribution in [2.24, 2.45) is 0 Å². The second kappa shape index (κ2) is 3.82. The molecule has 0 spiro atoms. The van der Waals surface area contributed by atoms with Gasteiger partial charge in [0, 0.05) is 0 Å². The molecule has 0 aromatic heterocycles. The molecule has 0 amide bonds. The summed E-state index contributed by atoms with van der Waals surface area (Å²) in [4.78, 5) is 0. The molecule has 11 heavy (non-hydrogen) atoms. The molecular weight excluding hydrogens is 229 g/mol. The molecule has 0 aliphatic heterocycles. The van der Waals surface area contributed by atoms with E-state index in [0.717, 1.165) is 0 Å². The van der Waals surface area contributed by atoms with Crippen LogP contribution in [-0.4, -0.2) is 29.3 Å². The first-order valence-electron chi connectivity index (χ1n) is 2.79. The second-order valence-corrected chi connectivity index (χ2v) is 8.26. The zero-order valence-electron chi connectivity index (χ0n) is 6.44. The monoisotopic (exact) mass is 238 g/mol. The van der Waals surface area contributed by atoms with Crippen LogP contribution < -0.4 is 5.09 Å². The third kappa shape index (κ3) is 2.48.